The maximum Gasteiger partial charge on any atom is 0.150 e. The molecule has 1 aliphatic heterocycles. The van der Waals surface area contributed by atoms with E-state index in [4.69, 9.17) is 5.73 Å². The fourth-order valence-corrected chi connectivity index (χ4v) is 3.86. The second kappa shape index (κ2) is 2.70. The first-order valence-corrected chi connectivity index (χ1v) is 6.37. The van der Waals surface area contributed by atoms with Crippen LogP contribution in [-0.2, 0) is 9.84 Å². The SMILES string of the molecule is NC(C1CC1)C1CCS(=O)(=O)C1. The molecule has 1 heterocycles. The normalized spacial score (nSPS) is 36.6. The van der Waals surface area contributed by atoms with Gasteiger partial charge in [0.15, 0.2) is 9.84 Å². The molecular weight excluding hydrogens is 174 g/mol. The Balaban J connectivity index is 1.98. The fourth-order valence-electron chi connectivity index (χ4n) is 1.99. The third-order valence-electron chi connectivity index (χ3n) is 2.98. The van der Waals surface area contributed by atoms with Gasteiger partial charge >= 0.3 is 0 Å². The maximum absolute atomic E-state index is 11.1. The van der Waals surface area contributed by atoms with E-state index in [1.807, 2.05) is 0 Å². The summed E-state index contributed by atoms with van der Waals surface area (Å²) in [5.74, 6) is 1.58. The van der Waals surface area contributed by atoms with Crippen molar-refractivity contribution in [1.29, 1.82) is 0 Å². The molecule has 2 N–H and O–H groups in total. The Morgan fingerprint density at radius 1 is 1.17 bits per heavy atom. The second-order valence-electron chi connectivity index (χ2n) is 4.08. The summed E-state index contributed by atoms with van der Waals surface area (Å²) >= 11 is 0. The van der Waals surface area contributed by atoms with E-state index < -0.39 is 9.84 Å². The van der Waals surface area contributed by atoms with E-state index in [0.717, 1.165) is 6.42 Å². The molecule has 0 aromatic rings. The van der Waals surface area contributed by atoms with Crippen LogP contribution in [0.25, 0.3) is 0 Å². The lowest BCUT2D eigenvalue weighted by molar-refractivity contribution is 0.423. The van der Waals surface area contributed by atoms with Gasteiger partial charge in [0.1, 0.15) is 0 Å². The van der Waals surface area contributed by atoms with E-state index in [9.17, 15) is 8.42 Å². The zero-order chi connectivity index (χ0) is 8.77. The summed E-state index contributed by atoms with van der Waals surface area (Å²) < 4.78 is 22.3. The standard InChI is InChI=1S/C8H15NO2S/c9-8(6-1-2-6)7-3-4-12(10,11)5-7/h6-8H,1-5,9H2. The largest absolute Gasteiger partial charge is 0.327 e. The molecule has 0 amide bonds. The van der Waals surface area contributed by atoms with Crippen LogP contribution in [0.15, 0.2) is 0 Å². The van der Waals surface area contributed by atoms with Gasteiger partial charge in [-0.25, -0.2) is 8.42 Å². The molecule has 3 nitrogen and oxygen atoms in total. The summed E-state index contributed by atoms with van der Waals surface area (Å²) in [5, 5.41) is 0. The molecule has 0 radical (unpaired) electrons. The fraction of sp³-hybridized carbons (Fsp3) is 1.00. The molecule has 2 aliphatic rings. The highest BCUT2D eigenvalue weighted by Gasteiger charge is 2.39. The molecule has 1 aliphatic carbocycles. The van der Waals surface area contributed by atoms with Crippen LogP contribution in [0.3, 0.4) is 0 Å². The van der Waals surface area contributed by atoms with E-state index in [0.29, 0.717) is 17.4 Å². The predicted molar refractivity (Wildman–Crippen MR) is 47.5 cm³/mol. The van der Waals surface area contributed by atoms with Gasteiger partial charge in [0, 0.05) is 6.04 Å². The molecule has 0 aromatic carbocycles. The Morgan fingerprint density at radius 3 is 2.25 bits per heavy atom. The highest BCUT2D eigenvalue weighted by Crippen LogP contribution is 2.37. The van der Waals surface area contributed by atoms with Crippen LogP contribution in [-0.4, -0.2) is 26.0 Å². The van der Waals surface area contributed by atoms with Gasteiger partial charge in [0.25, 0.3) is 0 Å². The third-order valence-corrected chi connectivity index (χ3v) is 4.77. The van der Waals surface area contributed by atoms with Gasteiger partial charge in [-0.2, -0.15) is 0 Å². The molecule has 1 saturated heterocycles. The van der Waals surface area contributed by atoms with E-state index in [1.165, 1.54) is 12.8 Å². The lowest BCUT2D eigenvalue weighted by Crippen LogP contribution is -2.32. The molecular formula is C8H15NO2S. The van der Waals surface area contributed by atoms with Crippen molar-refractivity contribution in [2.75, 3.05) is 11.5 Å². The van der Waals surface area contributed by atoms with Gasteiger partial charge in [-0.15, -0.1) is 0 Å². The van der Waals surface area contributed by atoms with Crippen LogP contribution in [0.1, 0.15) is 19.3 Å². The van der Waals surface area contributed by atoms with E-state index in [-0.39, 0.29) is 12.0 Å². The van der Waals surface area contributed by atoms with Crippen molar-refractivity contribution in [1.82, 2.24) is 0 Å². The maximum atomic E-state index is 11.1. The van der Waals surface area contributed by atoms with Crippen molar-refractivity contribution in [3.63, 3.8) is 0 Å². The highest BCUT2D eigenvalue weighted by molar-refractivity contribution is 7.91. The molecule has 2 atom stereocenters. The van der Waals surface area contributed by atoms with Crippen molar-refractivity contribution in [2.24, 2.45) is 17.6 Å². The van der Waals surface area contributed by atoms with Crippen LogP contribution in [0.2, 0.25) is 0 Å². The van der Waals surface area contributed by atoms with Crippen LogP contribution in [0, 0.1) is 11.8 Å². The minimum Gasteiger partial charge on any atom is -0.327 e. The molecule has 4 heteroatoms. The molecule has 0 aromatic heterocycles. The zero-order valence-corrected chi connectivity index (χ0v) is 7.89. The van der Waals surface area contributed by atoms with Crippen molar-refractivity contribution in [2.45, 2.75) is 25.3 Å². The van der Waals surface area contributed by atoms with E-state index in [1.54, 1.807) is 0 Å². The number of hydrogen-bond acceptors (Lipinski definition) is 3. The van der Waals surface area contributed by atoms with Crippen molar-refractivity contribution < 1.29 is 8.42 Å². The Morgan fingerprint density at radius 2 is 1.83 bits per heavy atom. The van der Waals surface area contributed by atoms with E-state index >= 15 is 0 Å². The summed E-state index contributed by atoms with van der Waals surface area (Å²) in [6, 6.07) is 0.155. The molecule has 0 spiro atoms. The Bertz CT molecular complexity index is 269. The van der Waals surface area contributed by atoms with Gasteiger partial charge in [0.05, 0.1) is 11.5 Å². The van der Waals surface area contributed by atoms with Gasteiger partial charge in [0.2, 0.25) is 0 Å². The molecule has 70 valence electrons. The monoisotopic (exact) mass is 189 g/mol. The highest BCUT2D eigenvalue weighted by atomic mass is 32.2. The van der Waals surface area contributed by atoms with Gasteiger partial charge in [-0.1, -0.05) is 0 Å². The predicted octanol–water partition coefficient (Wildman–Crippen LogP) is 0.158. The van der Waals surface area contributed by atoms with Crippen LogP contribution in [0.5, 0.6) is 0 Å². The summed E-state index contributed by atoms with van der Waals surface area (Å²) in [5.41, 5.74) is 5.94. The summed E-state index contributed by atoms with van der Waals surface area (Å²) in [4.78, 5) is 0. The number of nitrogens with two attached hydrogens (primary N) is 1. The quantitative estimate of drug-likeness (QED) is 0.673. The van der Waals surface area contributed by atoms with Crippen molar-refractivity contribution >= 4 is 9.84 Å². The Labute approximate surface area is 73.2 Å². The minimum atomic E-state index is -2.73. The third kappa shape index (κ3) is 1.64. The van der Waals surface area contributed by atoms with Crippen molar-refractivity contribution in [3.8, 4) is 0 Å². The second-order valence-corrected chi connectivity index (χ2v) is 6.31. The molecule has 2 fully saturated rings. The Hall–Kier alpha value is -0.0900. The van der Waals surface area contributed by atoms with E-state index in [2.05, 4.69) is 0 Å². The number of hydrogen-bond donors (Lipinski definition) is 1. The zero-order valence-electron chi connectivity index (χ0n) is 7.07. The van der Waals surface area contributed by atoms with Crippen molar-refractivity contribution in [3.05, 3.63) is 0 Å². The number of sulfone groups is 1. The molecule has 12 heavy (non-hydrogen) atoms. The molecule has 1 saturated carbocycles. The van der Waals surface area contributed by atoms with Gasteiger partial charge < -0.3 is 5.73 Å². The van der Waals surface area contributed by atoms with Gasteiger partial charge in [-0.3, -0.25) is 0 Å². The first kappa shape index (κ1) is 8.51. The van der Waals surface area contributed by atoms with Gasteiger partial charge in [-0.05, 0) is 31.1 Å². The topological polar surface area (TPSA) is 60.2 Å². The lowest BCUT2D eigenvalue weighted by Gasteiger charge is -2.16. The first-order chi connectivity index (χ1) is 5.58. The van der Waals surface area contributed by atoms with Crippen LogP contribution >= 0.6 is 0 Å². The minimum absolute atomic E-state index is 0.155. The summed E-state index contributed by atoms with van der Waals surface area (Å²) in [6.45, 7) is 0. The molecule has 0 bridgehead atoms. The average Bonchev–Trinajstić information content (AvgIpc) is 2.75. The van der Waals surface area contributed by atoms with Crippen LogP contribution < -0.4 is 5.73 Å². The summed E-state index contributed by atoms with van der Waals surface area (Å²) in [6.07, 6.45) is 3.20. The molecule has 2 rings (SSSR count). The number of rotatable bonds is 2. The summed E-state index contributed by atoms with van der Waals surface area (Å²) in [7, 11) is -2.73. The first-order valence-electron chi connectivity index (χ1n) is 4.54. The average molecular weight is 189 g/mol. The lowest BCUT2D eigenvalue weighted by atomic mass is 9.96. The Kier molecular flexibility index (Phi) is 1.92. The molecule has 2 unspecified atom stereocenters. The smallest absolute Gasteiger partial charge is 0.150 e. The van der Waals surface area contributed by atoms with Crippen LogP contribution in [0.4, 0.5) is 0 Å².